The number of ether oxygens (including phenoxy) is 1. The van der Waals surface area contributed by atoms with Gasteiger partial charge in [-0.05, 0) is 38.8 Å². The van der Waals surface area contributed by atoms with E-state index < -0.39 is 5.91 Å². The lowest BCUT2D eigenvalue weighted by molar-refractivity contribution is 0.0945. The van der Waals surface area contributed by atoms with Gasteiger partial charge in [-0.3, -0.25) is 4.79 Å². The van der Waals surface area contributed by atoms with Crippen LogP contribution in [0.5, 0.6) is 0 Å². The summed E-state index contributed by atoms with van der Waals surface area (Å²) in [6.45, 7) is 7.66. The number of anilines is 1. The Morgan fingerprint density at radius 1 is 1.22 bits per heavy atom. The molecule has 0 aliphatic rings. The molecule has 0 unspecified atom stereocenters. The molecule has 0 saturated heterocycles. The first-order chi connectivity index (χ1) is 13.0. The number of hydrogen-bond donors (Lipinski definition) is 2. The van der Waals surface area contributed by atoms with E-state index in [4.69, 9.17) is 10.5 Å². The fourth-order valence-electron chi connectivity index (χ4n) is 2.21. The summed E-state index contributed by atoms with van der Waals surface area (Å²) in [6.07, 6.45) is 9.34. The first-order valence-corrected chi connectivity index (χ1v) is 8.64. The van der Waals surface area contributed by atoms with E-state index in [-0.39, 0.29) is 18.1 Å². The van der Waals surface area contributed by atoms with Crippen LogP contribution in [0.25, 0.3) is 5.76 Å². The van der Waals surface area contributed by atoms with Crippen molar-refractivity contribution in [3.8, 4) is 0 Å². The van der Waals surface area contributed by atoms with Gasteiger partial charge in [-0.1, -0.05) is 13.0 Å². The van der Waals surface area contributed by atoms with Crippen LogP contribution in [0.3, 0.4) is 0 Å². The molecule has 0 saturated carbocycles. The number of nitrogens with one attached hydrogen (secondary N) is 1. The number of hydrogen-bond acceptors (Lipinski definition) is 7. The van der Waals surface area contributed by atoms with Gasteiger partial charge in [0.25, 0.3) is 5.91 Å². The third-order valence-corrected chi connectivity index (χ3v) is 3.51. The molecule has 27 heavy (non-hydrogen) atoms. The number of nitrogens with two attached hydrogens (primary N) is 1. The van der Waals surface area contributed by atoms with Crippen molar-refractivity contribution >= 4 is 17.5 Å². The molecule has 2 heterocycles. The highest BCUT2D eigenvalue weighted by atomic mass is 16.5. The second kappa shape index (κ2) is 9.42. The molecule has 1 amide bonds. The van der Waals surface area contributed by atoms with Gasteiger partial charge in [0.2, 0.25) is 0 Å². The molecule has 0 bridgehead atoms. The van der Waals surface area contributed by atoms with E-state index in [9.17, 15) is 4.79 Å². The van der Waals surface area contributed by atoms with E-state index in [0.29, 0.717) is 23.0 Å². The maximum Gasteiger partial charge on any atom is 0.274 e. The van der Waals surface area contributed by atoms with Crippen molar-refractivity contribution in [2.24, 2.45) is 0 Å². The summed E-state index contributed by atoms with van der Waals surface area (Å²) >= 11 is 0. The first kappa shape index (κ1) is 20.0. The summed E-state index contributed by atoms with van der Waals surface area (Å²) in [7, 11) is 0. The van der Waals surface area contributed by atoms with Crippen molar-refractivity contribution in [1.29, 1.82) is 0 Å². The smallest absolute Gasteiger partial charge is 0.274 e. The highest BCUT2D eigenvalue weighted by Crippen LogP contribution is 2.21. The molecule has 3 N–H and O–H groups in total. The molecule has 0 radical (unpaired) electrons. The van der Waals surface area contributed by atoms with Crippen LogP contribution in [0.1, 0.15) is 53.5 Å². The van der Waals surface area contributed by atoms with Gasteiger partial charge in [0.15, 0.2) is 11.5 Å². The van der Waals surface area contributed by atoms with Crippen LogP contribution in [-0.2, 0) is 11.3 Å². The molecule has 142 valence electrons. The van der Waals surface area contributed by atoms with Crippen molar-refractivity contribution in [3.05, 3.63) is 59.3 Å². The Hall–Kier alpha value is -3.29. The largest absolute Gasteiger partial charge is 0.463 e. The van der Waals surface area contributed by atoms with E-state index >= 15 is 0 Å². The second-order valence-corrected chi connectivity index (χ2v) is 5.81. The summed E-state index contributed by atoms with van der Waals surface area (Å²) in [4.78, 5) is 29.4. The molecule has 2 aromatic rings. The van der Waals surface area contributed by atoms with Crippen molar-refractivity contribution in [2.75, 3.05) is 5.73 Å². The quantitative estimate of drug-likeness (QED) is 0.722. The SMILES string of the molecule is C/C=C\O/C(=C/CC)c1nc(N)c(C(=O)NCc2ncc(C)cn2)nc1C. The Labute approximate surface area is 158 Å². The van der Waals surface area contributed by atoms with Crippen LogP contribution in [0.15, 0.2) is 30.8 Å². The van der Waals surface area contributed by atoms with Gasteiger partial charge < -0.3 is 15.8 Å². The fourth-order valence-corrected chi connectivity index (χ4v) is 2.21. The number of amides is 1. The Morgan fingerprint density at radius 2 is 1.93 bits per heavy atom. The maximum absolute atomic E-state index is 12.4. The molecule has 0 aromatic carbocycles. The summed E-state index contributed by atoms with van der Waals surface area (Å²) in [5.41, 5.74) is 8.04. The Kier molecular flexibility index (Phi) is 6.99. The highest BCUT2D eigenvalue weighted by molar-refractivity contribution is 5.96. The van der Waals surface area contributed by atoms with Gasteiger partial charge >= 0.3 is 0 Å². The van der Waals surface area contributed by atoms with Crippen LogP contribution in [0.4, 0.5) is 5.82 Å². The van der Waals surface area contributed by atoms with Crippen molar-refractivity contribution in [2.45, 2.75) is 40.7 Å². The standard InChI is InChI=1S/C19H24N6O2/c1-5-7-14(27-8-6-2)16-13(4)24-17(18(20)25-16)19(26)23-11-15-21-9-12(3)10-22-15/h6-10H,5,11H2,1-4H3,(H2,20,25)(H,23,26)/b8-6-,14-7+. The number of aromatic nitrogens is 4. The van der Waals surface area contributed by atoms with Crippen LogP contribution in [0, 0.1) is 13.8 Å². The van der Waals surface area contributed by atoms with Crippen molar-refractivity contribution in [3.63, 3.8) is 0 Å². The average molecular weight is 368 g/mol. The van der Waals surface area contributed by atoms with E-state index in [1.165, 1.54) is 0 Å². The zero-order chi connectivity index (χ0) is 19.8. The summed E-state index contributed by atoms with van der Waals surface area (Å²) in [5.74, 6) is 0.646. The molecular weight excluding hydrogens is 344 g/mol. The van der Waals surface area contributed by atoms with Gasteiger partial charge in [0.1, 0.15) is 17.3 Å². The summed E-state index contributed by atoms with van der Waals surface area (Å²) in [5, 5.41) is 2.71. The van der Waals surface area contributed by atoms with Gasteiger partial charge in [0.05, 0.1) is 18.5 Å². The predicted octanol–water partition coefficient (Wildman–Crippen LogP) is 2.70. The van der Waals surface area contributed by atoms with Gasteiger partial charge in [-0.25, -0.2) is 19.9 Å². The van der Waals surface area contributed by atoms with Gasteiger partial charge in [0, 0.05) is 12.4 Å². The Balaban J connectivity index is 2.20. The number of allylic oxidation sites excluding steroid dienone is 2. The number of carbonyl (C=O) groups excluding carboxylic acids is 1. The minimum atomic E-state index is -0.436. The second-order valence-electron chi connectivity index (χ2n) is 5.81. The lowest BCUT2D eigenvalue weighted by Gasteiger charge is -2.12. The van der Waals surface area contributed by atoms with Crippen molar-refractivity contribution < 1.29 is 9.53 Å². The minimum Gasteiger partial charge on any atom is -0.463 e. The first-order valence-electron chi connectivity index (χ1n) is 8.64. The number of nitrogens with zero attached hydrogens (tertiary/aromatic N) is 4. The highest BCUT2D eigenvalue weighted by Gasteiger charge is 2.18. The molecule has 8 heteroatoms. The Bertz CT molecular complexity index is 859. The predicted molar refractivity (Wildman–Crippen MR) is 103 cm³/mol. The summed E-state index contributed by atoms with van der Waals surface area (Å²) in [6, 6.07) is 0. The lowest BCUT2D eigenvalue weighted by Crippen LogP contribution is -2.27. The number of rotatable bonds is 7. The van der Waals surface area contributed by atoms with Crippen molar-refractivity contribution in [1.82, 2.24) is 25.3 Å². The third kappa shape index (κ3) is 5.34. The van der Waals surface area contributed by atoms with E-state index in [1.54, 1.807) is 31.7 Å². The molecule has 2 rings (SSSR count). The topological polar surface area (TPSA) is 116 Å². The van der Waals surface area contributed by atoms with E-state index in [1.807, 2.05) is 26.8 Å². The zero-order valence-electron chi connectivity index (χ0n) is 16.0. The molecule has 2 aromatic heterocycles. The monoisotopic (exact) mass is 368 g/mol. The fraction of sp³-hybridized carbons (Fsp3) is 0.316. The lowest BCUT2D eigenvalue weighted by atomic mass is 10.2. The van der Waals surface area contributed by atoms with Crippen LogP contribution >= 0.6 is 0 Å². The number of nitrogen functional groups attached to an aromatic ring is 1. The summed E-state index contributed by atoms with van der Waals surface area (Å²) < 4.78 is 5.57. The molecule has 0 aliphatic heterocycles. The zero-order valence-corrected chi connectivity index (χ0v) is 16.0. The minimum absolute atomic E-state index is 0.0315. The van der Waals surface area contributed by atoms with Crippen LogP contribution in [-0.4, -0.2) is 25.8 Å². The molecule has 0 aliphatic carbocycles. The Morgan fingerprint density at radius 3 is 2.56 bits per heavy atom. The number of aryl methyl sites for hydroxylation is 2. The van der Waals surface area contributed by atoms with Gasteiger partial charge in [-0.2, -0.15) is 0 Å². The normalized spacial score (nSPS) is 11.6. The average Bonchev–Trinajstić information content (AvgIpc) is 2.66. The van der Waals surface area contributed by atoms with Crippen LogP contribution in [0.2, 0.25) is 0 Å². The molecule has 0 fully saturated rings. The molecular formula is C19H24N6O2. The maximum atomic E-state index is 12.4. The van der Waals surface area contributed by atoms with E-state index in [0.717, 1.165) is 12.0 Å². The third-order valence-electron chi connectivity index (χ3n) is 3.51. The number of carbonyl (C=O) groups is 1. The van der Waals surface area contributed by atoms with Gasteiger partial charge in [-0.15, -0.1) is 0 Å². The van der Waals surface area contributed by atoms with Crippen LogP contribution < -0.4 is 11.1 Å². The molecule has 8 nitrogen and oxygen atoms in total. The molecule has 0 spiro atoms. The molecule has 0 atom stereocenters. The van der Waals surface area contributed by atoms with E-state index in [2.05, 4.69) is 25.3 Å².